The lowest BCUT2D eigenvalue weighted by molar-refractivity contribution is 0.0691. The molecule has 3 nitrogen and oxygen atoms in total. The summed E-state index contributed by atoms with van der Waals surface area (Å²) in [6, 6.07) is 14.5. The number of carbonyl (C=O) groups is 1. The van der Waals surface area contributed by atoms with E-state index in [4.69, 9.17) is 0 Å². The van der Waals surface area contributed by atoms with Crippen LogP contribution in [0, 0.1) is 11.6 Å². The summed E-state index contributed by atoms with van der Waals surface area (Å²) in [6.07, 6.45) is 0. The van der Waals surface area contributed by atoms with Gasteiger partial charge in [0, 0.05) is 11.1 Å². The fourth-order valence-corrected chi connectivity index (χ4v) is 2.32. The highest BCUT2D eigenvalue weighted by Crippen LogP contribution is 2.27. The molecule has 0 spiro atoms. The summed E-state index contributed by atoms with van der Waals surface area (Å²) in [5.74, 6) is -2.13. The van der Waals surface area contributed by atoms with Crippen molar-refractivity contribution in [3.8, 4) is 22.4 Å². The van der Waals surface area contributed by atoms with Gasteiger partial charge in [-0.05, 0) is 42.0 Å². The number of benzene rings is 2. The van der Waals surface area contributed by atoms with Crippen molar-refractivity contribution in [3.63, 3.8) is 0 Å². The second-order valence-electron chi connectivity index (χ2n) is 4.92. The lowest BCUT2D eigenvalue weighted by atomic mass is 10.0. The first-order valence-corrected chi connectivity index (χ1v) is 6.81. The third kappa shape index (κ3) is 3.08. The van der Waals surface area contributed by atoms with Crippen LogP contribution in [0.1, 0.15) is 10.5 Å². The Balaban J connectivity index is 2.15. The van der Waals surface area contributed by atoms with Crippen molar-refractivity contribution in [1.82, 2.24) is 4.98 Å². The minimum absolute atomic E-state index is 0.211. The van der Waals surface area contributed by atoms with Crippen LogP contribution in [0.25, 0.3) is 22.4 Å². The van der Waals surface area contributed by atoms with Crippen LogP contribution in [-0.4, -0.2) is 16.1 Å². The number of aromatic nitrogens is 1. The fraction of sp³-hybridized carbons (Fsp3) is 0. The maximum atomic E-state index is 13.4. The molecule has 0 fully saturated rings. The van der Waals surface area contributed by atoms with E-state index < -0.39 is 17.6 Å². The van der Waals surface area contributed by atoms with Gasteiger partial charge in [0.2, 0.25) is 0 Å². The average molecular weight is 311 g/mol. The third-order valence-corrected chi connectivity index (χ3v) is 3.35. The summed E-state index contributed by atoms with van der Waals surface area (Å²) in [6.45, 7) is 0. The third-order valence-electron chi connectivity index (χ3n) is 3.35. The molecule has 0 bridgehead atoms. The van der Waals surface area contributed by atoms with E-state index in [2.05, 4.69) is 4.98 Å². The van der Waals surface area contributed by atoms with Gasteiger partial charge < -0.3 is 5.11 Å². The van der Waals surface area contributed by atoms with Crippen LogP contribution in [0.3, 0.4) is 0 Å². The Morgan fingerprint density at radius 1 is 0.870 bits per heavy atom. The van der Waals surface area contributed by atoms with E-state index in [-0.39, 0.29) is 5.69 Å². The van der Waals surface area contributed by atoms with E-state index in [0.29, 0.717) is 22.4 Å². The van der Waals surface area contributed by atoms with Crippen molar-refractivity contribution in [3.05, 3.63) is 78.0 Å². The van der Waals surface area contributed by atoms with E-state index in [1.807, 2.05) is 0 Å². The zero-order chi connectivity index (χ0) is 16.4. The minimum Gasteiger partial charge on any atom is -0.476 e. The van der Waals surface area contributed by atoms with Crippen molar-refractivity contribution < 1.29 is 18.7 Å². The van der Waals surface area contributed by atoms with Gasteiger partial charge in [0.1, 0.15) is 11.6 Å². The number of nitrogens with zero attached hydrogens (tertiary/aromatic N) is 1. The van der Waals surface area contributed by atoms with Crippen LogP contribution >= 0.6 is 0 Å². The summed E-state index contributed by atoms with van der Waals surface area (Å²) < 4.78 is 26.7. The van der Waals surface area contributed by atoms with Gasteiger partial charge in [-0.15, -0.1) is 0 Å². The smallest absolute Gasteiger partial charge is 0.355 e. The molecule has 0 unspecified atom stereocenters. The Morgan fingerprint density at radius 3 is 2.09 bits per heavy atom. The Kier molecular flexibility index (Phi) is 3.85. The highest BCUT2D eigenvalue weighted by Gasteiger charge is 2.16. The van der Waals surface area contributed by atoms with Gasteiger partial charge in [0.05, 0.1) is 5.69 Å². The largest absolute Gasteiger partial charge is 0.476 e. The first-order valence-electron chi connectivity index (χ1n) is 6.81. The summed E-state index contributed by atoms with van der Waals surface area (Å²) in [5, 5.41) is 9.39. The molecule has 0 radical (unpaired) electrons. The predicted octanol–water partition coefficient (Wildman–Crippen LogP) is 4.39. The average Bonchev–Trinajstić information content (AvgIpc) is 2.54. The number of carboxylic acids is 1. The van der Waals surface area contributed by atoms with Crippen molar-refractivity contribution in [2.75, 3.05) is 0 Å². The van der Waals surface area contributed by atoms with Crippen LogP contribution in [0.2, 0.25) is 0 Å². The molecule has 1 heterocycles. The summed E-state index contributed by atoms with van der Waals surface area (Å²) in [7, 11) is 0. The molecule has 23 heavy (non-hydrogen) atoms. The van der Waals surface area contributed by atoms with E-state index in [1.54, 1.807) is 24.3 Å². The number of halogens is 2. The molecule has 2 aromatic carbocycles. The van der Waals surface area contributed by atoms with Crippen LogP contribution in [0.15, 0.2) is 60.7 Å². The number of hydrogen-bond acceptors (Lipinski definition) is 2. The maximum Gasteiger partial charge on any atom is 0.355 e. The highest BCUT2D eigenvalue weighted by molar-refractivity contribution is 5.94. The quantitative estimate of drug-likeness (QED) is 0.780. The van der Waals surface area contributed by atoms with Crippen LogP contribution in [0.5, 0.6) is 0 Å². The molecule has 1 aromatic heterocycles. The zero-order valence-corrected chi connectivity index (χ0v) is 11.8. The van der Waals surface area contributed by atoms with Gasteiger partial charge in [0.15, 0.2) is 5.69 Å². The lowest BCUT2D eigenvalue weighted by Crippen LogP contribution is -2.04. The van der Waals surface area contributed by atoms with Gasteiger partial charge in [-0.1, -0.05) is 24.3 Å². The number of pyridine rings is 1. The number of rotatable bonds is 3. The van der Waals surface area contributed by atoms with E-state index in [9.17, 15) is 18.7 Å². The van der Waals surface area contributed by atoms with Gasteiger partial charge in [-0.2, -0.15) is 0 Å². The van der Waals surface area contributed by atoms with Gasteiger partial charge in [-0.25, -0.2) is 18.6 Å². The van der Waals surface area contributed by atoms with Crippen LogP contribution in [0.4, 0.5) is 8.78 Å². The molecule has 0 saturated heterocycles. The zero-order valence-electron chi connectivity index (χ0n) is 11.8. The van der Waals surface area contributed by atoms with Crippen molar-refractivity contribution in [2.24, 2.45) is 0 Å². The molecule has 0 saturated carbocycles. The SMILES string of the molecule is O=C(O)c1nc(-c2cccc(F)c2)ccc1-c1cccc(F)c1. The minimum atomic E-state index is -1.23. The number of carboxylic acid groups (broad SMARTS) is 1. The second-order valence-corrected chi connectivity index (χ2v) is 4.92. The molecule has 0 aliphatic heterocycles. The van der Waals surface area contributed by atoms with Crippen LogP contribution in [-0.2, 0) is 0 Å². The topological polar surface area (TPSA) is 50.2 Å². The molecular formula is C18H11F2NO2. The molecule has 0 amide bonds. The van der Waals surface area contributed by atoms with E-state index in [0.717, 1.165) is 0 Å². The monoisotopic (exact) mass is 311 g/mol. The molecular weight excluding hydrogens is 300 g/mol. The molecule has 0 atom stereocenters. The Labute approximate surface area is 130 Å². The Bertz CT molecular complexity index is 894. The molecule has 3 rings (SSSR count). The predicted molar refractivity (Wildman–Crippen MR) is 82.0 cm³/mol. The molecule has 3 aromatic rings. The van der Waals surface area contributed by atoms with Crippen molar-refractivity contribution >= 4 is 5.97 Å². The Hall–Kier alpha value is -3.08. The number of hydrogen-bond donors (Lipinski definition) is 1. The Morgan fingerprint density at radius 2 is 1.48 bits per heavy atom. The summed E-state index contributed by atoms with van der Waals surface area (Å²) >= 11 is 0. The maximum absolute atomic E-state index is 13.4. The second kappa shape index (κ2) is 5.96. The van der Waals surface area contributed by atoms with Gasteiger partial charge in [-0.3, -0.25) is 0 Å². The van der Waals surface area contributed by atoms with Crippen LogP contribution < -0.4 is 0 Å². The standard InChI is InChI=1S/C18H11F2NO2/c19-13-5-1-3-11(9-13)15-7-8-16(21-17(15)18(22)23)12-4-2-6-14(20)10-12/h1-10H,(H,22,23). The highest BCUT2D eigenvalue weighted by atomic mass is 19.1. The van der Waals surface area contributed by atoms with Gasteiger partial charge in [0.25, 0.3) is 0 Å². The molecule has 5 heteroatoms. The summed E-state index contributed by atoms with van der Waals surface area (Å²) in [5.41, 5.74) is 1.32. The summed E-state index contributed by atoms with van der Waals surface area (Å²) in [4.78, 5) is 15.6. The first-order chi connectivity index (χ1) is 11.0. The fourth-order valence-electron chi connectivity index (χ4n) is 2.32. The van der Waals surface area contributed by atoms with E-state index >= 15 is 0 Å². The van der Waals surface area contributed by atoms with Crippen molar-refractivity contribution in [1.29, 1.82) is 0 Å². The normalized spacial score (nSPS) is 10.5. The molecule has 0 aliphatic rings. The van der Waals surface area contributed by atoms with E-state index in [1.165, 1.54) is 36.4 Å². The first kappa shape index (κ1) is 14.8. The van der Waals surface area contributed by atoms with Gasteiger partial charge >= 0.3 is 5.97 Å². The van der Waals surface area contributed by atoms with Crippen molar-refractivity contribution in [2.45, 2.75) is 0 Å². The number of aromatic carboxylic acids is 1. The molecule has 114 valence electrons. The molecule has 0 aliphatic carbocycles. The lowest BCUT2D eigenvalue weighted by Gasteiger charge is -2.09. The molecule has 1 N–H and O–H groups in total.